The molecular formula is C11H14ClNO4S2. The Bertz CT molecular complexity index is 693. The lowest BCUT2D eigenvalue weighted by molar-refractivity contribution is 0.248. The van der Waals surface area contributed by atoms with Gasteiger partial charge in [-0.15, -0.1) is 0 Å². The Balaban J connectivity index is 2.36. The first-order chi connectivity index (χ1) is 8.62. The molecule has 1 aliphatic carbocycles. The minimum Gasteiger partial charge on any atom is -0.207 e. The molecule has 1 N–H and O–H groups in total. The van der Waals surface area contributed by atoms with Crippen molar-refractivity contribution in [2.24, 2.45) is 0 Å². The number of hydrogen-bond acceptors (Lipinski definition) is 4. The Kier molecular flexibility index (Phi) is 3.68. The van der Waals surface area contributed by atoms with Crippen molar-refractivity contribution in [1.82, 2.24) is 4.72 Å². The maximum atomic E-state index is 12.2. The van der Waals surface area contributed by atoms with Crippen molar-refractivity contribution in [2.45, 2.75) is 41.5 Å². The standard InChI is InChI=1S/C11H14ClNO4S2/c1-11(6-3-7-11)13-19(16,17)10-5-2-4-9(8-10)18(12,14)15/h2,4-5,8,13H,3,6-7H2,1H3. The Morgan fingerprint density at radius 1 is 1.16 bits per heavy atom. The van der Waals surface area contributed by atoms with Gasteiger partial charge in [-0.2, -0.15) is 0 Å². The second-order valence-corrected chi connectivity index (χ2v) is 9.18. The molecule has 0 heterocycles. The summed E-state index contributed by atoms with van der Waals surface area (Å²) in [5, 5.41) is 0. The zero-order chi connectivity index (χ0) is 14.3. The van der Waals surface area contributed by atoms with E-state index in [0.717, 1.165) is 25.3 Å². The summed E-state index contributed by atoms with van der Waals surface area (Å²) in [6.45, 7) is 1.83. The lowest BCUT2D eigenvalue weighted by Gasteiger charge is -2.38. The van der Waals surface area contributed by atoms with Gasteiger partial charge < -0.3 is 0 Å². The van der Waals surface area contributed by atoms with Crippen LogP contribution in [0.2, 0.25) is 0 Å². The number of halogens is 1. The first kappa shape index (κ1) is 14.8. The molecule has 0 radical (unpaired) electrons. The van der Waals surface area contributed by atoms with Crippen molar-refractivity contribution >= 4 is 29.8 Å². The van der Waals surface area contributed by atoms with Crippen molar-refractivity contribution in [1.29, 1.82) is 0 Å². The number of nitrogens with one attached hydrogen (secondary N) is 1. The van der Waals surface area contributed by atoms with E-state index in [9.17, 15) is 16.8 Å². The van der Waals surface area contributed by atoms with Gasteiger partial charge in [0.25, 0.3) is 9.05 Å². The van der Waals surface area contributed by atoms with Crippen LogP contribution in [0.25, 0.3) is 0 Å². The van der Waals surface area contributed by atoms with Gasteiger partial charge in [-0.25, -0.2) is 21.6 Å². The van der Waals surface area contributed by atoms with Crippen LogP contribution in [0.15, 0.2) is 34.1 Å². The summed E-state index contributed by atoms with van der Waals surface area (Å²) in [4.78, 5) is -0.321. The van der Waals surface area contributed by atoms with Gasteiger partial charge in [0.15, 0.2) is 0 Å². The average Bonchev–Trinajstić information content (AvgIpc) is 2.25. The molecule has 106 valence electrons. The Morgan fingerprint density at radius 2 is 1.74 bits per heavy atom. The molecule has 0 amide bonds. The monoisotopic (exact) mass is 323 g/mol. The Labute approximate surface area is 117 Å². The van der Waals surface area contributed by atoms with Crippen LogP contribution < -0.4 is 4.72 Å². The van der Waals surface area contributed by atoms with Gasteiger partial charge in [0.2, 0.25) is 10.0 Å². The van der Waals surface area contributed by atoms with Gasteiger partial charge in [-0.1, -0.05) is 6.07 Å². The van der Waals surface area contributed by atoms with E-state index < -0.39 is 24.6 Å². The third-order valence-electron chi connectivity index (χ3n) is 3.24. The van der Waals surface area contributed by atoms with Crippen molar-refractivity contribution in [2.75, 3.05) is 0 Å². The van der Waals surface area contributed by atoms with Crippen LogP contribution in [0, 0.1) is 0 Å². The maximum absolute atomic E-state index is 12.2. The zero-order valence-electron chi connectivity index (χ0n) is 10.3. The summed E-state index contributed by atoms with van der Waals surface area (Å²) in [7, 11) is -2.47. The predicted molar refractivity (Wildman–Crippen MR) is 72.1 cm³/mol. The number of hydrogen-bond donors (Lipinski definition) is 1. The van der Waals surface area contributed by atoms with Gasteiger partial charge in [0.05, 0.1) is 9.79 Å². The van der Waals surface area contributed by atoms with Crippen LogP contribution in [-0.4, -0.2) is 22.4 Å². The highest BCUT2D eigenvalue weighted by atomic mass is 35.7. The minimum atomic E-state index is -3.94. The third-order valence-corrected chi connectivity index (χ3v) is 6.22. The highest BCUT2D eigenvalue weighted by molar-refractivity contribution is 8.13. The molecule has 0 unspecified atom stereocenters. The van der Waals surface area contributed by atoms with Crippen molar-refractivity contribution in [3.8, 4) is 0 Å². The van der Waals surface area contributed by atoms with E-state index in [1.165, 1.54) is 18.2 Å². The first-order valence-electron chi connectivity index (χ1n) is 5.71. The summed E-state index contributed by atoms with van der Waals surface area (Å²) in [5.74, 6) is 0. The zero-order valence-corrected chi connectivity index (χ0v) is 12.6. The summed E-state index contributed by atoms with van der Waals surface area (Å²) >= 11 is 0. The number of benzene rings is 1. The normalized spacial score (nSPS) is 18.8. The SMILES string of the molecule is CC1(NS(=O)(=O)c2cccc(S(=O)(=O)Cl)c2)CCC1. The highest BCUT2D eigenvalue weighted by Gasteiger charge is 2.36. The van der Waals surface area contributed by atoms with Gasteiger partial charge >= 0.3 is 0 Å². The lowest BCUT2D eigenvalue weighted by atomic mass is 9.80. The van der Waals surface area contributed by atoms with Crippen LogP contribution in [0.4, 0.5) is 0 Å². The van der Waals surface area contributed by atoms with Crippen LogP contribution >= 0.6 is 10.7 Å². The van der Waals surface area contributed by atoms with Gasteiger partial charge in [0.1, 0.15) is 0 Å². The summed E-state index contributed by atoms with van der Waals surface area (Å²) in [6, 6.07) is 5.02. The second-order valence-electron chi connectivity index (χ2n) is 4.93. The van der Waals surface area contributed by atoms with Gasteiger partial charge in [-0.05, 0) is 44.4 Å². The molecule has 1 aliphatic rings. The van der Waals surface area contributed by atoms with Gasteiger partial charge in [0, 0.05) is 16.2 Å². The van der Waals surface area contributed by atoms with Crippen molar-refractivity contribution in [3.63, 3.8) is 0 Å². The molecule has 0 bridgehead atoms. The molecule has 0 atom stereocenters. The van der Waals surface area contributed by atoms with Crippen LogP contribution in [0.5, 0.6) is 0 Å². The Hall–Kier alpha value is -0.630. The molecule has 0 aliphatic heterocycles. The van der Waals surface area contributed by atoms with E-state index in [0.29, 0.717) is 0 Å². The van der Waals surface area contributed by atoms with E-state index >= 15 is 0 Å². The first-order valence-corrected chi connectivity index (χ1v) is 9.50. The molecule has 0 spiro atoms. The third kappa shape index (κ3) is 3.28. The largest absolute Gasteiger partial charge is 0.261 e. The van der Waals surface area contributed by atoms with E-state index in [-0.39, 0.29) is 9.79 Å². The van der Waals surface area contributed by atoms with Crippen LogP contribution in [0.1, 0.15) is 26.2 Å². The molecule has 8 heteroatoms. The van der Waals surface area contributed by atoms with E-state index in [1.54, 1.807) is 0 Å². The molecule has 1 saturated carbocycles. The fourth-order valence-electron chi connectivity index (χ4n) is 1.99. The maximum Gasteiger partial charge on any atom is 0.261 e. The molecule has 1 fully saturated rings. The van der Waals surface area contributed by atoms with Crippen molar-refractivity contribution in [3.05, 3.63) is 24.3 Å². The van der Waals surface area contributed by atoms with Crippen LogP contribution in [0.3, 0.4) is 0 Å². The Morgan fingerprint density at radius 3 is 2.21 bits per heavy atom. The van der Waals surface area contributed by atoms with Crippen molar-refractivity contribution < 1.29 is 16.8 Å². The smallest absolute Gasteiger partial charge is 0.207 e. The molecule has 1 aromatic rings. The van der Waals surface area contributed by atoms with Gasteiger partial charge in [-0.3, -0.25) is 0 Å². The quantitative estimate of drug-likeness (QED) is 0.857. The number of sulfonamides is 1. The van der Waals surface area contributed by atoms with E-state index in [2.05, 4.69) is 4.72 Å². The lowest BCUT2D eigenvalue weighted by Crippen LogP contribution is -2.50. The summed E-state index contributed by atoms with van der Waals surface area (Å²) in [5.41, 5.74) is -0.436. The van der Waals surface area contributed by atoms with E-state index in [1.807, 2.05) is 6.92 Å². The molecule has 0 aromatic heterocycles. The summed E-state index contributed by atoms with van der Waals surface area (Å²) < 4.78 is 49.4. The minimum absolute atomic E-state index is 0.0950. The molecular weight excluding hydrogens is 310 g/mol. The molecule has 19 heavy (non-hydrogen) atoms. The number of rotatable bonds is 4. The average molecular weight is 324 g/mol. The summed E-state index contributed by atoms with van der Waals surface area (Å²) in [6.07, 6.45) is 2.54. The fraction of sp³-hybridized carbons (Fsp3) is 0.455. The second kappa shape index (κ2) is 4.73. The predicted octanol–water partition coefficient (Wildman–Crippen LogP) is 1.84. The topological polar surface area (TPSA) is 80.3 Å². The molecule has 2 rings (SSSR count). The fourth-order valence-corrected chi connectivity index (χ4v) is 4.37. The molecule has 1 aromatic carbocycles. The molecule has 0 saturated heterocycles. The van der Waals surface area contributed by atoms with E-state index in [4.69, 9.17) is 10.7 Å². The van der Waals surface area contributed by atoms with Crippen LogP contribution in [-0.2, 0) is 19.1 Å². The highest BCUT2D eigenvalue weighted by Crippen LogP contribution is 2.32. The molecule has 5 nitrogen and oxygen atoms in total.